The summed E-state index contributed by atoms with van der Waals surface area (Å²) >= 11 is 3.23. The van der Waals surface area contributed by atoms with Crippen LogP contribution < -0.4 is 5.73 Å². The van der Waals surface area contributed by atoms with Crippen molar-refractivity contribution in [1.29, 1.82) is 0 Å². The van der Waals surface area contributed by atoms with Crippen molar-refractivity contribution in [2.24, 2.45) is 0 Å². The van der Waals surface area contributed by atoms with Crippen molar-refractivity contribution in [1.82, 2.24) is 4.98 Å². The van der Waals surface area contributed by atoms with E-state index in [4.69, 9.17) is 5.73 Å². The summed E-state index contributed by atoms with van der Waals surface area (Å²) in [5.74, 6) is 0.890. The molecule has 0 saturated carbocycles. The fourth-order valence-corrected chi connectivity index (χ4v) is 3.15. The maximum atomic E-state index is 6.00. The van der Waals surface area contributed by atoms with Crippen LogP contribution in [-0.4, -0.2) is 10.7 Å². The molecule has 17 heavy (non-hydrogen) atoms. The van der Waals surface area contributed by atoms with Crippen LogP contribution in [0.1, 0.15) is 6.92 Å². The molecule has 1 aromatic heterocycles. The molecule has 2 N–H and O–H groups in total. The highest BCUT2D eigenvalue weighted by atomic mass is 32.2. The number of aromatic nitrogens is 1. The fraction of sp³-hybridized carbons (Fsp3) is 0.154. The number of rotatable bonds is 4. The van der Waals surface area contributed by atoms with Crippen molar-refractivity contribution in [3.8, 4) is 11.3 Å². The molecule has 0 saturated heterocycles. The lowest BCUT2D eigenvalue weighted by Crippen LogP contribution is -1.85. The van der Waals surface area contributed by atoms with Crippen LogP contribution >= 0.6 is 23.1 Å². The van der Waals surface area contributed by atoms with Gasteiger partial charge in [-0.3, -0.25) is 0 Å². The first-order valence-electron chi connectivity index (χ1n) is 5.25. The molecule has 0 fully saturated rings. The Kier molecular flexibility index (Phi) is 3.86. The standard InChI is InChI=1S/C13H14N2S2/c1-9(2)8-16-13-15-11(12(14)17-13)10-6-4-3-5-7-10/h3-7H,1,8,14H2,2H3. The lowest BCUT2D eigenvalue weighted by atomic mass is 10.2. The van der Waals surface area contributed by atoms with E-state index in [2.05, 4.69) is 11.6 Å². The molecule has 4 heteroatoms. The molecule has 0 radical (unpaired) electrons. The summed E-state index contributed by atoms with van der Waals surface area (Å²) in [6.45, 7) is 5.90. The Balaban J connectivity index is 2.22. The zero-order chi connectivity index (χ0) is 12.3. The van der Waals surface area contributed by atoms with E-state index < -0.39 is 0 Å². The molecule has 0 spiro atoms. The van der Waals surface area contributed by atoms with Crippen molar-refractivity contribution in [3.63, 3.8) is 0 Å². The first-order chi connectivity index (χ1) is 8.16. The van der Waals surface area contributed by atoms with E-state index in [-0.39, 0.29) is 0 Å². The number of anilines is 1. The van der Waals surface area contributed by atoms with Crippen molar-refractivity contribution < 1.29 is 0 Å². The third-order valence-electron chi connectivity index (χ3n) is 2.12. The zero-order valence-corrected chi connectivity index (χ0v) is 11.3. The van der Waals surface area contributed by atoms with Crippen LogP contribution in [0.15, 0.2) is 46.8 Å². The minimum atomic E-state index is 0.778. The predicted octanol–water partition coefficient (Wildman–Crippen LogP) is 4.06. The van der Waals surface area contributed by atoms with E-state index in [0.29, 0.717) is 0 Å². The average molecular weight is 262 g/mol. The first kappa shape index (κ1) is 12.2. The lowest BCUT2D eigenvalue weighted by molar-refractivity contribution is 1.25. The third-order valence-corrected chi connectivity index (χ3v) is 4.38. The van der Waals surface area contributed by atoms with Gasteiger partial charge in [0, 0.05) is 11.3 Å². The molecule has 2 rings (SSSR count). The second-order valence-electron chi connectivity index (χ2n) is 3.80. The van der Waals surface area contributed by atoms with E-state index in [1.807, 2.05) is 37.3 Å². The van der Waals surface area contributed by atoms with Crippen LogP contribution in [0, 0.1) is 0 Å². The summed E-state index contributed by atoms with van der Waals surface area (Å²) in [6, 6.07) is 10.0. The Labute approximate surface area is 110 Å². The second-order valence-corrected chi connectivity index (χ2v) is 6.06. The summed E-state index contributed by atoms with van der Waals surface area (Å²) in [5.41, 5.74) is 9.10. The van der Waals surface area contributed by atoms with Crippen molar-refractivity contribution in [2.45, 2.75) is 11.3 Å². The number of thioether (sulfide) groups is 1. The van der Waals surface area contributed by atoms with Gasteiger partial charge in [0.05, 0.1) is 0 Å². The maximum absolute atomic E-state index is 6.00. The number of thiazole rings is 1. The van der Waals surface area contributed by atoms with E-state index in [0.717, 1.165) is 31.9 Å². The summed E-state index contributed by atoms with van der Waals surface area (Å²) < 4.78 is 1.00. The van der Waals surface area contributed by atoms with Gasteiger partial charge in [0.1, 0.15) is 10.7 Å². The van der Waals surface area contributed by atoms with Gasteiger partial charge in [-0.15, -0.1) is 0 Å². The van der Waals surface area contributed by atoms with Crippen molar-refractivity contribution >= 4 is 28.1 Å². The van der Waals surface area contributed by atoms with Gasteiger partial charge in [-0.1, -0.05) is 65.6 Å². The van der Waals surface area contributed by atoms with Gasteiger partial charge >= 0.3 is 0 Å². The largest absolute Gasteiger partial charge is 0.389 e. The van der Waals surface area contributed by atoms with Gasteiger partial charge in [0.25, 0.3) is 0 Å². The molecule has 0 aliphatic rings. The molecular weight excluding hydrogens is 248 g/mol. The molecule has 2 nitrogen and oxygen atoms in total. The summed E-state index contributed by atoms with van der Waals surface area (Å²) in [5, 5.41) is 0.778. The van der Waals surface area contributed by atoms with E-state index in [1.165, 1.54) is 11.3 Å². The monoisotopic (exact) mass is 262 g/mol. The highest BCUT2D eigenvalue weighted by Gasteiger charge is 2.10. The molecule has 88 valence electrons. The normalized spacial score (nSPS) is 10.4. The zero-order valence-electron chi connectivity index (χ0n) is 9.64. The minimum absolute atomic E-state index is 0.778. The smallest absolute Gasteiger partial charge is 0.152 e. The van der Waals surface area contributed by atoms with E-state index >= 15 is 0 Å². The SMILES string of the molecule is C=C(C)CSc1nc(-c2ccccc2)c(N)s1. The molecule has 0 atom stereocenters. The molecular formula is C13H14N2S2. The summed E-state index contributed by atoms with van der Waals surface area (Å²) in [6.07, 6.45) is 0. The molecule has 1 aromatic carbocycles. The number of nitrogens with two attached hydrogens (primary N) is 1. The highest BCUT2D eigenvalue weighted by Crippen LogP contribution is 2.35. The quantitative estimate of drug-likeness (QED) is 0.667. The average Bonchev–Trinajstić information content (AvgIpc) is 2.69. The van der Waals surface area contributed by atoms with Gasteiger partial charge < -0.3 is 5.73 Å². The van der Waals surface area contributed by atoms with E-state index in [1.54, 1.807) is 11.8 Å². The molecule has 1 heterocycles. The summed E-state index contributed by atoms with van der Waals surface area (Å²) in [4.78, 5) is 4.57. The number of hydrogen-bond donors (Lipinski definition) is 1. The van der Waals surface area contributed by atoms with Gasteiger partial charge in [0.15, 0.2) is 4.34 Å². The minimum Gasteiger partial charge on any atom is -0.389 e. The van der Waals surface area contributed by atoms with Crippen LogP contribution in [0.25, 0.3) is 11.3 Å². The Morgan fingerprint density at radius 2 is 2.12 bits per heavy atom. The second kappa shape index (κ2) is 5.38. The molecule has 0 aliphatic heterocycles. The summed E-state index contributed by atoms with van der Waals surface area (Å²) in [7, 11) is 0. The van der Waals surface area contributed by atoms with Crippen LogP contribution in [0.2, 0.25) is 0 Å². The lowest BCUT2D eigenvalue weighted by Gasteiger charge is -1.96. The van der Waals surface area contributed by atoms with Crippen LogP contribution in [0.4, 0.5) is 5.00 Å². The Bertz CT molecular complexity index is 517. The Morgan fingerprint density at radius 1 is 1.41 bits per heavy atom. The van der Waals surface area contributed by atoms with Gasteiger partial charge in [-0.2, -0.15) is 0 Å². The fourth-order valence-electron chi connectivity index (χ4n) is 1.36. The number of nitrogen functional groups attached to an aromatic ring is 1. The van der Waals surface area contributed by atoms with Gasteiger partial charge in [0.2, 0.25) is 0 Å². The number of benzene rings is 1. The Hall–Kier alpha value is -1.26. The molecule has 2 aromatic rings. The van der Waals surface area contributed by atoms with Crippen molar-refractivity contribution in [3.05, 3.63) is 42.5 Å². The number of hydrogen-bond acceptors (Lipinski definition) is 4. The number of nitrogens with zero attached hydrogens (tertiary/aromatic N) is 1. The maximum Gasteiger partial charge on any atom is 0.152 e. The highest BCUT2D eigenvalue weighted by molar-refractivity contribution is 8.01. The third kappa shape index (κ3) is 3.11. The molecule has 0 bridgehead atoms. The van der Waals surface area contributed by atoms with Gasteiger partial charge in [-0.05, 0) is 6.92 Å². The molecule has 0 unspecified atom stereocenters. The van der Waals surface area contributed by atoms with Crippen LogP contribution in [0.3, 0.4) is 0 Å². The first-order valence-corrected chi connectivity index (χ1v) is 7.06. The Morgan fingerprint density at radius 3 is 2.76 bits per heavy atom. The van der Waals surface area contributed by atoms with Crippen LogP contribution in [-0.2, 0) is 0 Å². The topological polar surface area (TPSA) is 38.9 Å². The van der Waals surface area contributed by atoms with Crippen LogP contribution in [0.5, 0.6) is 0 Å². The predicted molar refractivity (Wildman–Crippen MR) is 77.5 cm³/mol. The van der Waals surface area contributed by atoms with Crippen molar-refractivity contribution in [2.75, 3.05) is 11.5 Å². The van der Waals surface area contributed by atoms with Gasteiger partial charge in [-0.25, -0.2) is 4.98 Å². The molecule has 0 aliphatic carbocycles. The van der Waals surface area contributed by atoms with E-state index in [9.17, 15) is 0 Å². The molecule has 0 amide bonds.